The molecule has 1 heterocycles. The topological polar surface area (TPSA) is 46.0 Å². The minimum atomic E-state index is -0.880. The molecular formula is C14H13BrN2O. The molecule has 3 rings (SSSR count). The number of benzene rings is 1. The van der Waals surface area contributed by atoms with Crippen molar-refractivity contribution in [1.29, 1.82) is 0 Å². The van der Waals surface area contributed by atoms with E-state index < -0.39 is 5.60 Å². The number of hydrogen-bond acceptors (Lipinski definition) is 3. The fourth-order valence-corrected chi connectivity index (χ4v) is 2.91. The first-order valence-corrected chi connectivity index (χ1v) is 6.73. The standard InChI is InChI=1S/C14H13BrN2O/c15-12-2-1-11-8-14(18,4-3-10(11)7-12)13-9-16-5-6-17-13/h1-2,5-7,9,18H,3-4,8H2. The summed E-state index contributed by atoms with van der Waals surface area (Å²) in [6.45, 7) is 0. The van der Waals surface area contributed by atoms with E-state index in [4.69, 9.17) is 0 Å². The van der Waals surface area contributed by atoms with Gasteiger partial charge in [0.25, 0.3) is 0 Å². The lowest BCUT2D eigenvalue weighted by Crippen LogP contribution is -2.34. The molecule has 0 amide bonds. The van der Waals surface area contributed by atoms with E-state index in [-0.39, 0.29) is 0 Å². The maximum absolute atomic E-state index is 10.7. The Hall–Kier alpha value is -1.26. The third-order valence-electron chi connectivity index (χ3n) is 3.50. The van der Waals surface area contributed by atoms with Gasteiger partial charge in [-0.25, -0.2) is 0 Å². The minimum Gasteiger partial charge on any atom is -0.383 e. The summed E-state index contributed by atoms with van der Waals surface area (Å²) in [4.78, 5) is 8.29. The monoisotopic (exact) mass is 304 g/mol. The predicted molar refractivity (Wildman–Crippen MR) is 72.1 cm³/mol. The third kappa shape index (κ3) is 2.06. The van der Waals surface area contributed by atoms with Crippen molar-refractivity contribution >= 4 is 15.9 Å². The van der Waals surface area contributed by atoms with Gasteiger partial charge in [0.05, 0.1) is 11.9 Å². The van der Waals surface area contributed by atoms with E-state index in [1.54, 1.807) is 18.6 Å². The number of aromatic nitrogens is 2. The van der Waals surface area contributed by atoms with Crippen LogP contribution in [0.15, 0.2) is 41.3 Å². The highest BCUT2D eigenvalue weighted by atomic mass is 79.9. The first-order chi connectivity index (χ1) is 8.67. The van der Waals surface area contributed by atoms with Crippen molar-refractivity contribution in [3.05, 3.63) is 58.1 Å². The van der Waals surface area contributed by atoms with Crippen LogP contribution in [0, 0.1) is 0 Å². The van der Waals surface area contributed by atoms with Gasteiger partial charge in [-0.2, -0.15) is 0 Å². The van der Waals surface area contributed by atoms with Crippen LogP contribution in [0.4, 0.5) is 0 Å². The molecule has 4 heteroatoms. The van der Waals surface area contributed by atoms with Crippen molar-refractivity contribution in [2.24, 2.45) is 0 Å². The van der Waals surface area contributed by atoms with Crippen molar-refractivity contribution in [2.45, 2.75) is 24.9 Å². The molecule has 2 aromatic rings. The highest BCUT2D eigenvalue weighted by Crippen LogP contribution is 2.36. The summed E-state index contributed by atoms with van der Waals surface area (Å²) in [6, 6.07) is 6.22. The van der Waals surface area contributed by atoms with Crippen LogP contribution in [0.25, 0.3) is 0 Å². The van der Waals surface area contributed by atoms with Gasteiger partial charge in [-0.05, 0) is 36.1 Å². The van der Waals surface area contributed by atoms with E-state index in [1.807, 2.05) is 6.07 Å². The van der Waals surface area contributed by atoms with Crippen LogP contribution < -0.4 is 0 Å². The lowest BCUT2D eigenvalue weighted by Gasteiger charge is -2.32. The Labute approximate surface area is 114 Å². The van der Waals surface area contributed by atoms with E-state index in [0.717, 1.165) is 10.9 Å². The zero-order valence-corrected chi connectivity index (χ0v) is 11.4. The molecule has 1 N–H and O–H groups in total. The van der Waals surface area contributed by atoms with Gasteiger partial charge in [-0.15, -0.1) is 0 Å². The molecular weight excluding hydrogens is 292 g/mol. The molecule has 1 aromatic carbocycles. The van der Waals surface area contributed by atoms with E-state index in [1.165, 1.54) is 11.1 Å². The van der Waals surface area contributed by atoms with Gasteiger partial charge in [0, 0.05) is 23.3 Å². The van der Waals surface area contributed by atoms with E-state index in [0.29, 0.717) is 18.5 Å². The number of fused-ring (bicyclic) bond motifs is 1. The molecule has 1 aliphatic carbocycles. The van der Waals surface area contributed by atoms with E-state index in [2.05, 4.69) is 38.0 Å². The highest BCUT2D eigenvalue weighted by Gasteiger charge is 2.35. The number of halogens is 1. The molecule has 0 spiro atoms. The Morgan fingerprint density at radius 2 is 2.11 bits per heavy atom. The summed E-state index contributed by atoms with van der Waals surface area (Å²) >= 11 is 3.48. The lowest BCUT2D eigenvalue weighted by atomic mass is 9.79. The molecule has 0 aliphatic heterocycles. The van der Waals surface area contributed by atoms with Crippen LogP contribution in [0.3, 0.4) is 0 Å². The quantitative estimate of drug-likeness (QED) is 0.881. The Bertz CT molecular complexity index is 573. The van der Waals surface area contributed by atoms with Crippen LogP contribution in [-0.2, 0) is 18.4 Å². The van der Waals surface area contributed by atoms with Crippen LogP contribution >= 0.6 is 15.9 Å². The Morgan fingerprint density at radius 1 is 1.22 bits per heavy atom. The van der Waals surface area contributed by atoms with Crippen LogP contribution in [0.2, 0.25) is 0 Å². The van der Waals surface area contributed by atoms with Crippen molar-refractivity contribution in [2.75, 3.05) is 0 Å². The van der Waals surface area contributed by atoms with Gasteiger partial charge < -0.3 is 5.11 Å². The van der Waals surface area contributed by atoms with Gasteiger partial charge in [0.2, 0.25) is 0 Å². The second-order valence-electron chi connectivity index (χ2n) is 4.71. The Morgan fingerprint density at radius 3 is 2.89 bits per heavy atom. The lowest BCUT2D eigenvalue weighted by molar-refractivity contribution is 0.0176. The Balaban J connectivity index is 1.97. The molecule has 3 nitrogen and oxygen atoms in total. The number of aryl methyl sites for hydroxylation is 1. The summed E-state index contributed by atoms with van der Waals surface area (Å²) in [5.41, 5.74) is 2.28. The second kappa shape index (κ2) is 4.44. The summed E-state index contributed by atoms with van der Waals surface area (Å²) in [5.74, 6) is 0. The van der Waals surface area contributed by atoms with Crippen LogP contribution in [0.5, 0.6) is 0 Å². The third-order valence-corrected chi connectivity index (χ3v) is 3.99. The zero-order valence-electron chi connectivity index (χ0n) is 9.81. The van der Waals surface area contributed by atoms with Crippen molar-refractivity contribution < 1.29 is 5.11 Å². The minimum absolute atomic E-state index is 0.605. The van der Waals surface area contributed by atoms with E-state index >= 15 is 0 Å². The molecule has 0 saturated carbocycles. The number of rotatable bonds is 1. The largest absolute Gasteiger partial charge is 0.383 e. The number of hydrogen-bond donors (Lipinski definition) is 1. The van der Waals surface area contributed by atoms with Gasteiger partial charge in [0.15, 0.2) is 0 Å². The summed E-state index contributed by atoms with van der Waals surface area (Å²) in [5, 5.41) is 10.7. The summed E-state index contributed by atoms with van der Waals surface area (Å²) in [7, 11) is 0. The van der Waals surface area contributed by atoms with Crippen molar-refractivity contribution in [1.82, 2.24) is 9.97 Å². The Kier molecular flexibility index (Phi) is 2.92. The fraction of sp³-hybridized carbons (Fsp3) is 0.286. The summed E-state index contributed by atoms with van der Waals surface area (Å²) < 4.78 is 1.09. The molecule has 92 valence electrons. The van der Waals surface area contributed by atoms with Gasteiger partial charge in [0.1, 0.15) is 5.60 Å². The number of aliphatic hydroxyl groups is 1. The SMILES string of the molecule is OC1(c2cnccn2)CCc2cc(Br)ccc2C1. The smallest absolute Gasteiger partial charge is 0.112 e. The molecule has 0 saturated heterocycles. The average molecular weight is 305 g/mol. The zero-order chi connectivity index (χ0) is 12.6. The van der Waals surface area contributed by atoms with E-state index in [9.17, 15) is 5.11 Å². The molecule has 0 bridgehead atoms. The maximum Gasteiger partial charge on any atom is 0.112 e. The first-order valence-electron chi connectivity index (χ1n) is 5.94. The predicted octanol–water partition coefficient (Wildman–Crippen LogP) is 2.62. The van der Waals surface area contributed by atoms with Gasteiger partial charge >= 0.3 is 0 Å². The normalized spacial score (nSPS) is 22.6. The van der Waals surface area contributed by atoms with Crippen LogP contribution in [-0.4, -0.2) is 15.1 Å². The molecule has 1 aromatic heterocycles. The molecule has 0 fully saturated rings. The maximum atomic E-state index is 10.7. The average Bonchev–Trinajstić information content (AvgIpc) is 2.40. The summed E-state index contributed by atoms with van der Waals surface area (Å²) in [6.07, 6.45) is 7.07. The molecule has 18 heavy (non-hydrogen) atoms. The van der Waals surface area contributed by atoms with Crippen molar-refractivity contribution in [3.8, 4) is 0 Å². The fourth-order valence-electron chi connectivity index (χ4n) is 2.50. The molecule has 0 radical (unpaired) electrons. The van der Waals surface area contributed by atoms with Crippen LogP contribution in [0.1, 0.15) is 23.2 Å². The van der Waals surface area contributed by atoms with Crippen molar-refractivity contribution in [3.63, 3.8) is 0 Å². The highest BCUT2D eigenvalue weighted by molar-refractivity contribution is 9.10. The molecule has 1 aliphatic rings. The van der Waals surface area contributed by atoms with Gasteiger partial charge in [-0.3, -0.25) is 9.97 Å². The van der Waals surface area contributed by atoms with Gasteiger partial charge in [-0.1, -0.05) is 22.0 Å². The second-order valence-corrected chi connectivity index (χ2v) is 5.63. The molecule has 1 unspecified atom stereocenters. The molecule has 1 atom stereocenters. The first kappa shape index (κ1) is 11.8. The number of nitrogens with zero attached hydrogens (tertiary/aromatic N) is 2.